The first kappa shape index (κ1) is 9.53. The van der Waals surface area contributed by atoms with Crippen molar-refractivity contribution in [3.05, 3.63) is 27.7 Å². The molecule has 0 spiro atoms. The third-order valence-electron chi connectivity index (χ3n) is 2.27. The van der Waals surface area contributed by atoms with Crippen LogP contribution < -0.4 is 4.74 Å². The van der Waals surface area contributed by atoms with Gasteiger partial charge in [-0.25, -0.2) is 0 Å². The number of benzene rings is 1. The van der Waals surface area contributed by atoms with Gasteiger partial charge in [-0.3, -0.25) is 0 Å². The van der Waals surface area contributed by atoms with Gasteiger partial charge in [-0.15, -0.1) is 0 Å². The fourth-order valence-corrected chi connectivity index (χ4v) is 2.63. The lowest BCUT2D eigenvalue weighted by molar-refractivity contribution is 0.286. The summed E-state index contributed by atoms with van der Waals surface area (Å²) in [5.74, 6) is 1.04. The molecular formula is C10H10Br2O. The van der Waals surface area contributed by atoms with Crippen molar-refractivity contribution >= 4 is 31.9 Å². The van der Waals surface area contributed by atoms with E-state index in [9.17, 15) is 0 Å². The van der Waals surface area contributed by atoms with E-state index in [0.29, 0.717) is 0 Å². The maximum absolute atomic E-state index is 5.63. The van der Waals surface area contributed by atoms with Gasteiger partial charge in [-0.2, -0.15) is 0 Å². The zero-order chi connectivity index (χ0) is 9.26. The van der Waals surface area contributed by atoms with Gasteiger partial charge in [0.05, 0.1) is 11.1 Å². The Morgan fingerprint density at radius 1 is 1.38 bits per heavy atom. The molecular weight excluding hydrogens is 296 g/mol. The summed E-state index contributed by atoms with van der Waals surface area (Å²) < 4.78 is 6.70. The van der Waals surface area contributed by atoms with E-state index < -0.39 is 0 Å². The molecule has 0 radical (unpaired) electrons. The highest BCUT2D eigenvalue weighted by Crippen LogP contribution is 2.35. The summed E-state index contributed by atoms with van der Waals surface area (Å²) in [5, 5.41) is 0.909. The Morgan fingerprint density at radius 2 is 2.23 bits per heavy atom. The number of fused-ring (bicyclic) bond motifs is 1. The molecule has 13 heavy (non-hydrogen) atoms. The van der Waals surface area contributed by atoms with E-state index in [1.165, 1.54) is 11.1 Å². The van der Waals surface area contributed by atoms with Crippen LogP contribution in [0.15, 0.2) is 16.6 Å². The van der Waals surface area contributed by atoms with Crippen molar-refractivity contribution in [2.45, 2.75) is 18.2 Å². The molecule has 0 aliphatic carbocycles. The minimum absolute atomic E-state index is 0.845. The zero-order valence-electron chi connectivity index (χ0n) is 7.15. The number of ether oxygens (including phenoxy) is 1. The molecule has 1 heterocycles. The third-order valence-corrected chi connectivity index (χ3v) is 3.50. The van der Waals surface area contributed by atoms with Crippen LogP contribution in [0.1, 0.15) is 17.5 Å². The first-order valence-corrected chi connectivity index (χ1v) is 6.23. The highest BCUT2D eigenvalue weighted by Gasteiger charge is 2.16. The highest BCUT2D eigenvalue weighted by atomic mass is 79.9. The highest BCUT2D eigenvalue weighted by molar-refractivity contribution is 9.10. The van der Waals surface area contributed by atoms with Crippen LogP contribution in [0.3, 0.4) is 0 Å². The van der Waals surface area contributed by atoms with Crippen molar-refractivity contribution in [3.8, 4) is 5.75 Å². The minimum Gasteiger partial charge on any atom is -0.492 e. The lowest BCUT2D eigenvalue weighted by atomic mass is 10.0. The summed E-state index contributed by atoms with van der Waals surface area (Å²) in [6.07, 6.45) is 2.26. The molecule has 0 aromatic heterocycles. The standard InChI is InChI=1S/C10H10Br2O/c11-6-7-3-4-9(12)10-8(7)2-1-5-13-10/h3-4H,1-2,5-6H2. The van der Waals surface area contributed by atoms with Crippen molar-refractivity contribution < 1.29 is 4.74 Å². The predicted octanol–water partition coefficient (Wildman–Crippen LogP) is 3.67. The molecule has 1 aliphatic rings. The van der Waals surface area contributed by atoms with Gasteiger partial charge in [0, 0.05) is 5.33 Å². The Labute approximate surface area is 94.7 Å². The van der Waals surface area contributed by atoms with Crippen LogP contribution in [0.25, 0.3) is 0 Å². The molecule has 0 bridgehead atoms. The molecule has 0 fully saturated rings. The molecule has 0 atom stereocenters. The van der Waals surface area contributed by atoms with E-state index >= 15 is 0 Å². The van der Waals surface area contributed by atoms with Crippen molar-refractivity contribution in [1.82, 2.24) is 0 Å². The topological polar surface area (TPSA) is 9.23 Å². The Balaban J connectivity index is 2.52. The Hall–Kier alpha value is -0.0200. The summed E-state index contributed by atoms with van der Waals surface area (Å²) in [5.41, 5.74) is 2.70. The van der Waals surface area contributed by atoms with Crippen molar-refractivity contribution in [2.24, 2.45) is 0 Å². The van der Waals surface area contributed by atoms with Crippen LogP contribution in [0, 0.1) is 0 Å². The van der Waals surface area contributed by atoms with Crippen LogP contribution >= 0.6 is 31.9 Å². The fourth-order valence-electron chi connectivity index (χ4n) is 1.62. The number of hydrogen-bond acceptors (Lipinski definition) is 1. The van der Waals surface area contributed by atoms with Crippen molar-refractivity contribution in [2.75, 3.05) is 6.61 Å². The number of rotatable bonds is 1. The van der Waals surface area contributed by atoms with Gasteiger partial charge in [0.25, 0.3) is 0 Å². The van der Waals surface area contributed by atoms with E-state index in [1.807, 2.05) is 0 Å². The normalized spacial score (nSPS) is 14.9. The van der Waals surface area contributed by atoms with Gasteiger partial charge in [0.2, 0.25) is 0 Å². The summed E-state index contributed by atoms with van der Waals surface area (Å²) >= 11 is 7.00. The molecule has 0 unspecified atom stereocenters. The Bertz CT molecular complexity index is 323. The van der Waals surface area contributed by atoms with Gasteiger partial charge in [-0.1, -0.05) is 22.0 Å². The van der Waals surface area contributed by atoms with E-state index in [-0.39, 0.29) is 0 Å². The molecule has 0 saturated heterocycles. The second-order valence-corrected chi connectivity index (χ2v) is 4.51. The minimum atomic E-state index is 0.845. The van der Waals surface area contributed by atoms with Gasteiger partial charge >= 0.3 is 0 Å². The van der Waals surface area contributed by atoms with Crippen molar-refractivity contribution in [3.63, 3.8) is 0 Å². The average Bonchev–Trinajstić information content (AvgIpc) is 2.19. The molecule has 1 aromatic rings. The molecule has 0 saturated carbocycles. The van der Waals surface area contributed by atoms with Crippen LogP contribution in [-0.4, -0.2) is 6.61 Å². The first-order valence-electron chi connectivity index (χ1n) is 4.32. The monoisotopic (exact) mass is 304 g/mol. The van der Waals surface area contributed by atoms with Gasteiger partial charge in [0.1, 0.15) is 5.75 Å². The smallest absolute Gasteiger partial charge is 0.136 e. The molecule has 0 N–H and O–H groups in total. The maximum Gasteiger partial charge on any atom is 0.136 e. The second kappa shape index (κ2) is 4.01. The third kappa shape index (κ3) is 1.77. The quantitative estimate of drug-likeness (QED) is 0.719. The number of halogens is 2. The van der Waals surface area contributed by atoms with E-state index in [0.717, 1.165) is 35.0 Å². The van der Waals surface area contributed by atoms with Gasteiger partial charge in [0.15, 0.2) is 0 Å². The molecule has 1 aromatic carbocycles. The summed E-state index contributed by atoms with van der Waals surface area (Å²) in [6.45, 7) is 0.845. The molecule has 3 heteroatoms. The van der Waals surface area contributed by atoms with Crippen LogP contribution in [-0.2, 0) is 11.8 Å². The van der Waals surface area contributed by atoms with Crippen molar-refractivity contribution in [1.29, 1.82) is 0 Å². The zero-order valence-corrected chi connectivity index (χ0v) is 10.3. The second-order valence-electron chi connectivity index (χ2n) is 3.10. The van der Waals surface area contributed by atoms with E-state index in [2.05, 4.69) is 44.0 Å². The SMILES string of the molecule is BrCc1ccc(Br)c2c1CCCO2. The Kier molecular flexibility index (Phi) is 2.94. The lowest BCUT2D eigenvalue weighted by Gasteiger charge is -2.20. The van der Waals surface area contributed by atoms with E-state index in [1.54, 1.807) is 0 Å². The lowest BCUT2D eigenvalue weighted by Crippen LogP contribution is -2.10. The summed E-state index contributed by atoms with van der Waals surface area (Å²) in [4.78, 5) is 0. The van der Waals surface area contributed by atoms with Gasteiger partial charge in [-0.05, 0) is 46.0 Å². The van der Waals surface area contributed by atoms with Crippen LogP contribution in [0.5, 0.6) is 5.75 Å². The molecule has 1 nitrogen and oxygen atoms in total. The molecule has 1 aliphatic heterocycles. The average molecular weight is 306 g/mol. The predicted molar refractivity (Wildman–Crippen MR) is 60.6 cm³/mol. The largest absolute Gasteiger partial charge is 0.492 e. The Morgan fingerprint density at radius 3 is 3.00 bits per heavy atom. The molecule has 0 amide bonds. The number of hydrogen-bond donors (Lipinski definition) is 0. The molecule has 70 valence electrons. The molecule has 2 rings (SSSR count). The fraction of sp³-hybridized carbons (Fsp3) is 0.400. The van der Waals surface area contributed by atoms with E-state index in [4.69, 9.17) is 4.74 Å². The number of alkyl halides is 1. The maximum atomic E-state index is 5.63. The summed E-state index contributed by atoms with van der Waals surface area (Å²) in [6, 6.07) is 4.20. The summed E-state index contributed by atoms with van der Waals surface area (Å²) in [7, 11) is 0. The van der Waals surface area contributed by atoms with Crippen LogP contribution in [0.4, 0.5) is 0 Å². The van der Waals surface area contributed by atoms with Crippen LogP contribution in [0.2, 0.25) is 0 Å². The first-order chi connectivity index (χ1) is 6.33. The van der Waals surface area contributed by atoms with Gasteiger partial charge < -0.3 is 4.74 Å².